The third kappa shape index (κ3) is 3.35. The second-order valence-electron chi connectivity index (χ2n) is 4.54. The molecular formula is C11H18Cl2N4O2S. The van der Waals surface area contributed by atoms with Crippen LogP contribution in [0.5, 0.6) is 0 Å². The minimum Gasteiger partial charge on any atom is -0.383 e. The van der Waals surface area contributed by atoms with Gasteiger partial charge in [0.1, 0.15) is 10.7 Å². The fourth-order valence-electron chi connectivity index (χ4n) is 2.29. The summed E-state index contributed by atoms with van der Waals surface area (Å²) < 4.78 is 26.7. The number of anilines is 1. The number of pyridine rings is 1. The third-order valence-corrected chi connectivity index (χ3v) is 5.47. The number of halogens is 2. The van der Waals surface area contributed by atoms with Gasteiger partial charge in [-0.05, 0) is 18.9 Å². The highest BCUT2D eigenvalue weighted by Gasteiger charge is 2.34. The van der Waals surface area contributed by atoms with E-state index in [4.69, 9.17) is 23.1 Å². The summed E-state index contributed by atoms with van der Waals surface area (Å²) in [4.78, 5) is 3.76. The second-order valence-corrected chi connectivity index (χ2v) is 6.83. The maximum absolute atomic E-state index is 12.6. The van der Waals surface area contributed by atoms with Crippen molar-refractivity contribution in [1.29, 1.82) is 0 Å². The number of nitrogens with two attached hydrogens (primary N) is 2. The molecule has 2 rings (SSSR count). The Morgan fingerprint density at radius 3 is 2.80 bits per heavy atom. The van der Waals surface area contributed by atoms with Gasteiger partial charge < -0.3 is 11.5 Å². The van der Waals surface area contributed by atoms with Gasteiger partial charge in [0.05, 0.1) is 5.02 Å². The Labute approximate surface area is 129 Å². The number of nitrogens with zero attached hydrogens (tertiary/aromatic N) is 2. The molecule has 1 aromatic rings. The Balaban J connectivity index is 0.00000200. The fraction of sp³-hybridized carbons (Fsp3) is 0.545. The van der Waals surface area contributed by atoms with Crippen LogP contribution in [0.15, 0.2) is 17.2 Å². The number of hydrogen-bond acceptors (Lipinski definition) is 5. The maximum Gasteiger partial charge on any atom is 0.247 e. The summed E-state index contributed by atoms with van der Waals surface area (Å²) >= 11 is 5.81. The first-order valence-electron chi connectivity index (χ1n) is 6.09. The van der Waals surface area contributed by atoms with E-state index in [9.17, 15) is 8.42 Å². The lowest BCUT2D eigenvalue weighted by Crippen LogP contribution is -2.47. The van der Waals surface area contributed by atoms with E-state index >= 15 is 0 Å². The normalized spacial score (nSPS) is 20.4. The molecule has 1 atom stereocenters. The SMILES string of the molecule is Cl.NCC1CCCCN1S(=O)(=O)c1cc(Cl)cnc1N. The van der Waals surface area contributed by atoms with Gasteiger partial charge in [-0.2, -0.15) is 4.31 Å². The number of rotatable bonds is 3. The molecule has 1 aliphatic heterocycles. The zero-order valence-electron chi connectivity index (χ0n) is 10.8. The lowest BCUT2D eigenvalue weighted by Gasteiger charge is -2.34. The van der Waals surface area contributed by atoms with Gasteiger partial charge in [0.15, 0.2) is 0 Å². The molecule has 114 valence electrons. The monoisotopic (exact) mass is 340 g/mol. The largest absolute Gasteiger partial charge is 0.383 e. The van der Waals surface area contributed by atoms with Gasteiger partial charge in [0.2, 0.25) is 10.0 Å². The average molecular weight is 341 g/mol. The molecule has 20 heavy (non-hydrogen) atoms. The van der Waals surface area contributed by atoms with E-state index < -0.39 is 10.0 Å². The molecule has 2 heterocycles. The molecule has 0 radical (unpaired) electrons. The number of nitrogen functional groups attached to an aromatic ring is 1. The standard InChI is InChI=1S/C11H17ClN4O2S.ClH/c12-8-5-10(11(14)15-7-8)19(17,18)16-4-2-1-3-9(16)6-13;/h5,7,9H,1-4,6,13H2,(H2,14,15);1H. The quantitative estimate of drug-likeness (QED) is 0.861. The van der Waals surface area contributed by atoms with Crippen LogP contribution in [0.4, 0.5) is 5.82 Å². The highest BCUT2D eigenvalue weighted by Crippen LogP contribution is 2.28. The molecule has 1 aromatic heterocycles. The van der Waals surface area contributed by atoms with E-state index in [2.05, 4.69) is 4.98 Å². The average Bonchev–Trinajstić information content (AvgIpc) is 2.41. The van der Waals surface area contributed by atoms with Crippen LogP contribution in [0.25, 0.3) is 0 Å². The zero-order valence-corrected chi connectivity index (χ0v) is 13.2. The molecule has 1 saturated heterocycles. The van der Waals surface area contributed by atoms with Crippen molar-refractivity contribution < 1.29 is 8.42 Å². The summed E-state index contributed by atoms with van der Waals surface area (Å²) in [5.74, 6) is -0.0363. The molecule has 0 spiro atoms. The summed E-state index contributed by atoms with van der Waals surface area (Å²) in [7, 11) is -3.70. The van der Waals surface area contributed by atoms with Crippen LogP contribution in [-0.4, -0.2) is 36.8 Å². The van der Waals surface area contributed by atoms with Gasteiger partial charge in [-0.1, -0.05) is 18.0 Å². The Kier molecular flexibility index (Phi) is 6.03. The molecule has 6 nitrogen and oxygen atoms in total. The predicted molar refractivity (Wildman–Crippen MR) is 81.5 cm³/mol. The Hall–Kier alpha value is -0.600. The summed E-state index contributed by atoms with van der Waals surface area (Å²) in [6.07, 6.45) is 3.90. The van der Waals surface area contributed by atoms with Crippen molar-refractivity contribution in [2.45, 2.75) is 30.2 Å². The molecule has 1 aliphatic rings. The third-order valence-electron chi connectivity index (χ3n) is 3.28. The van der Waals surface area contributed by atoms with Crippen molar-refractivity contribution >= 4 is 39.8 Å². The smallest absolute Gasteiger partial charge is 0.247 e. The minimum atomic E-state index is -3.70. The van der Waals surface area contributed by atoms with E-state index in [1.165, 1.54) is 16.6 Å². The van der Waals surface area contributed by atoms with Crippen molar-refractivity contribution in [2.75, 3.05) is 18.8 Å². The van der Waals surface area contributed by atoms with Crippen molar-refractivity contribution in [3.63, 3.8) is 0 Å². The molecule has 1 unspecified atom stereocenters. The molecule has 0 saturated carbocycles. The molecule has 0 aliphatic carbocycles. The van der Waals surface area contributed by atoms with E-state index in [1.54, 1.807) is 0 Å². The fourth-order valence-corrected chi connectivity index (χ4v) is 4.31. The van der Waals surface area contributed by atoms with Gasteiger partial charge in [0, 0.05) is 25.3 Å². The first-order chi connectivity index (χ1) is 8.96. The Bertz CT molecular complexity index is 568. The summed E-state index contributed by atoms with van der Waals surface area (Å²) in [6, 6.07) is 1.15. The molecule has 0 bridgehead atoms. The lowest BCUT2D eigenvalue weighted by molar-refractivity contribution is 0.257. The molecular weight excluding hydrogens is 323 g/mol. The van der Waals surface area contributed by atoms with E-state index in [0.717, 1.165) is 19.3 Å². The van der Waals surface area contributed by atoms with Crippen molar-refractivity contribution in [2.24, 2.45) is 5.73 Å². The predicted octanol–water partition coefficient (Wildman–Crippen LogP) is 1.24. The Morgan fingerprint density at radius 1 is 1.45 bits per heavy atom. The highest BCUT2D eigenvalue weighted by molar-refractivity contribution is 7.89. The number of sulfonamides is 1. The number of aromatic nitrogens is 1. The summed E-state index contributed by atoms with van der Waals surface area (Å²) in [6.45, 7) is 0.753. The Morgan fingerprint density at radius 2 is 2.15 bits per heavy atom. The van der Waals surface area contributed by atoms with Crippen LogP contribution < -0.4 is 11.5 Å². The molecule has 1 fully saturated rings. The van der Waals surface area contributed by atoms with Gasteiger partial charge in [0.25, 0.3) is 0 Å². The van der Waals surface area contributed by atoms with Crippen LogP contribution in [0, 0.1) is 0 Å². The summed E-state index contributed by atoms with van der Waals surface area (Å²) in [5, 5.41) is 0.245. The van der Waals surface area contributed by atoms with Crippen molar-refractivity contribution in [3.8, 4) is 0 Å². The van der Waals surface area contributed by atoms with Gasteiger partial charge in [-0.3, -0.25) is 0 Å². The first-order valence-corrected chi connectivity index (χ1v) is 7.91. The van der Waals surface area contributed by atoms with Crippen LogP contribution in [0.3, 0.4) is 0 Å². The lowest BCUT2D eigenvalue weighted by atomic mass is 10.1. The van der Waals surface area contributed by atoms with E-state index in [0.29, 0.717) is 13.1 Å². The van der Waals surface area contributed by atoms with Crippen LogP contribution in [-0.2, 0) is 10.0 Å². The van der Waals surface area contributed by atoms with Crippen LogP contribution >= 0.6 is 24.0 Å². The van der Waals surface area contributed by atoms with Crippen LogP contribution in [0.1, 0.15) is 19.3 Å². The molecule has 9 heteroatoms. The van der Waals surface area contributed by atoms with Crippen molar-refractivity contribution in [3.05, 3.63) is 17.3 Å². The van der Waals surface area contributed by atoms with E-state index in [-0.39, 0.29) is 34.2 Å². The number of hydrogen-bond donors (Lipinski definition) is 2. The number of piperidine rings is 1. The highest BCUT2D eigenvalue weighted by atomic mass is 35.5. The van der Waals surface area contributed by atoms with Crippen molar-refractivity contribution in [1.82, 2.24) is 9.29 Å². The van der Waals surface area contributed by atoms with Gasteiger partial charge in [-0.25, -0.2) is 13.4 Å². The molecule has 4 N–H and O–H groups in total. The molecule has 0 amide bonds. The first kappa shape index (κ1) is 17.5. The molecule has 0 aromatic carbocycles. The zero-order chi connectivity index (χ0) is 14.0. The second kappa shape index (κ2) is 6.91. The van der Waals surface area contributed by atoms with Gasteiger partial charge >= 0.3 is 0 Å². The van der Waals surface area contributed by atoms with E-state index in [1.807, 2.05) is 0 Å². The maximum atomic E-state index is 12.6. The summed E-state index contributed by atoms with van der Waals surface area (Å²) in [5.41, 5.74) is 11.3. The topological polar surface area (TPSA) is 102 Å². The minimum absolute atomic E-state index is 0. The van der Waals surface area contributed by atoms with Crippen LogP contribution in [0.2, 0.25) is 5.02 Å². The van der Waals surface area contributed by atoms with Gasteiger partial charge in [-0.15, -0.1) is 12.4 Å².